The Bertz CT molecular complexity index is 585. The summed E-state index contributed by atoms with van der Waals surface area (Å²) in [5.41, 5.74) is -0.145. The summed E-state index contributed by atoms with van der Waals surface area (Å²) in [6.07, 6.45) is 0.464. The molecule has 0 radical (unpaired) electrons. The third-order valence-electron chi connectivity index (χ3n) is 3.04. The Hall–Kier alpha value is -0.880. The zero-order valence-electron chi connectivity index (χ0n) is 9.94. The van der Waals surface area contributed by atoms with E-state index in [0.29, 0.717) is 16.5 Å². The van der Waals surface area contributed by atoms with Crippen LogP contribution in [-0.4, -0.2) is 31.4 Å². The van der Waals surface area contributed by atoms with E-state index >= 15 is 0 Å². The Balaban J connectivity index is 2.16. The highest BCUT2D eigenvalue weighted by Gasteiger charge is 2.39. The van der Waals surface area contributed by atoms with Crippen LogP contribution < -0.4 is 5.32 Å². The predicted molar refractivity (Wildman–Crippen MR) is 73.3 cm³/mol. The maximum atomic E-state index is 12.1. The van der Waals surface area contributed by atoms with Crippen molar-refractivity contribution in [3.8, 4) is 0 Å². The van der Waals surface area contributed by atoms with Gasteiger partial charge in [-0.3, -0.25) is 4.79 Å². The van der Waals surface area contributed by atoms with Gasteiger partial charge in [0, 0.05) is 4.47 Å². The monoisotopic (exact) mass is 331 g/mol. The molecule has 0 aromatic heterocycles. The van der Waals surface area contributed by atoms with E-state index in [-0.39, 0.29) is 17.4 Å². The minimum Gasteiger partial charge on any atom is -0.346 e. The minimum atomic E-state index is -3.02. The molecule has 6 heteroatoms. The van der Waals surface area contributed by atoms with Crippen LogP contribution in [0.2, 0.25) is 0 Å². The first-order valence-electron chi connectivity index (χ1n) is 5.59. The van der Waals surface area contributed by atoms with Crippen LogP contribution in [0.5, 0.6) is 0 Å². The number of hydrogen-bond donors (Lipinski definition) is 1. The van der Waals surface area contributed by atoms with Crippen LogP contribution >= 0.6 is 15.9 Å². The summed E-state index contributed by atoms with van der Waals surface area (Å²) in [6, 6.07) is 7.07. The Labute approximate surface area is 115 Å². The smallest absolute Gasteiger partial charge is 0.252 e. The summed E-state index contributed by atoms with van der Waals surface area (Å²) in [6.45, 7) is 1.77. The van der Waals surface area contributed by atoms with Gasteiger partial charge in [-0.1, -0.05) is 12.1 Å². The highest BCUT2D eigenvalue weighted by molar-refractivity contribution is 9.10. The summed E-state index contributed by atoms with van der Waals surface area (Å²) in [5, 5.41) is 2.82. The van der Waals surface area contributed by atoms with Crippen molar-refractivity contribution >= 4 is 31.7 Å². The zero-order chi connectivity index (χ0) is 13.4. The van der Waals surface area contributed by atoms with E-state index < -0.39 is 15.4 Å². The van der Waals surface area contributed by atoms with Crippen LogP contribution in [0.1, 0.15) is 23.7 Å². The number of carbonyl (C=O) groups is 1. The van der Waals surface area contributed by atoms with Crippen LogP contribution in [-0.2, 0) is 9.84 Å². The second-order valence-electron chi connectivity index (χ2n) is 4.84. The molecule has 1 fully saturated rings. The lowest BCUT2D eigenvalue weighted by Gasteiger charge is -2.24. The molecule has 2 rings (SSSR count). The molecule has 4 nitrogen and oxygen atoms in total. The fourth-order valence-corrected chi connectivity index (χ4v) is 4.65. The number of nitrogens with one attached hydrogen (secondary N) is 1. The summed E-state index contributed by atoms with van der Waals surface area (Å²) in [7, 11) is -3.02. The number of carbonyl (C=O) groups excluding carboxylic acids is 1. The first-order valence-corrected chi connectivity index (χ1v) is 8.20. The fraction of sp³-hybridized carbons (Fsp3) is 0.417. The van der Waals surface area contributed by atoms with Crippen molar-refractivity contribution in [3.63, 3.8) is 0 Å². The molecular formula is C12H14BrNO3S. The largest absolute Gasteiger partial charge is 0.346 e. The molecule has 1 N–H and O–H groups in total. The van der Waals surface area contributed by atoms with Gasteiger partial charge < -0.3 is 5.32 Å². The van der Waals surface area contributed by atoms with Crippen molar-refractivity contribution in [3.05, 3.63) is 34.3 Å². The van der Waals surface area contributed by atoms with Crippen molar-refractivity contribution in [1.82, 2.24) is 5.32 Å². The maximum Gasteiger partial charge on any atom is 0.252 e. The molecule has 1 aromatic carbocycles. The van der Waals surface area contributed by atoms with E-state index in [9.17, 15) is 13.2 Å². The van der Waals surface area contributed by atoms with Gasteiger partial charge in [0.2, 0.25) is 0 Å². The second-order valence-corrected chi connectivity index (χ2v) is 7.88. The first-order chi connectivity index (χ1) is 8.31. The predicted octanol–water partition coefficient (Wildman–Crippen LogP) is 1.76. The molecule has 0 aliphatic carbocycles. The number of sulfone groups is 1. The second kappa shape index (κ2) is 4.66. The molecule has 1 aromatic rings. The minimum absolute atomic E-state index is 0.0101. The van der Waals surface area contributed by atoms with Crippen molar-refractivity contribution in [2.45, 2.75) is 18.9 Å². The molecule has 98 valence electrons. The Kier molecular flexibility index (Phi) is 3.51. The zero-order valence-corrected chi connectivity index (χ0v) is 12.3. The van der Waals surface area contributed by atoms with Gasteiger partial charge in [0.15, 0.2) is 9.84 Å². The topological polar surface area (TPSA) is 63.2 Å². The number of halogens is 1. The summed E-state index contributed by atoms with van der Waals surface area (Å²) in [4.78, 5) is 12.1. The van der Waals surface area contributed by atoms with Crippen molar-refractivity contribution in [2.75, 3.05) is 11.5 Å². The average Bonchev–Trinajstić information content (AvgIpc) is 2.53. The van der Waals surface area contributed by atoms with Crippen LogP contribution in [0.3, 0.4) is 0 Å². The first kappa shape index (κ1) is 13.5. The molecule has 0 saturated carbocycles. The Morgan fingerprint density at radius 1 is 1.39 bits per heavy atom. The molecular weight excluding hydrogens is 318 g/mol. The number of hydrogen-bond acceptors (Lipinski definition) is 3. The maximum absolute atomic E-state index is 12.1. The molecule has 1 amide bonds. The van der Waals surface area contributed by atoms with E-state index in [1.807, 2.05) is 6.07 Å². The van der Waals surface area contributed by atoms with Gasteiger partial charge in [-0.2, -0.15) is 0 Å². The molecule has 18 heavy (non-hydrogen) atoms. The van der Waals surface area contributed by atoms with Crippen LogP contribution in [0.15, 0.2) is 28.7 Å². The van der Waals surface area contributed by atoms with Gasteiger partial charge in [0.25, 0.3) is 5.91 Å². The van der Waals surface area contributed by atoms with Gasteiger partial charge in [-0.15, -0.1) is 0 Å². The van der Waals surface area contributed by atoms with E-state index in [4.69, 9.17) is 0 Å². The molecule has 1 saturated heterocycles. The standard InChI is InChI=1S/C12H14BrNO3S/c1-12(6-7-18(16,17)8-12)14-11(15)9-4-2-3-5-10(9)13/h2-5H,6-8H2,1H3,(H,14,15)/t12-/m0/s1. The van der Waals surface area contributed by atoms with Crippen molar-refractivity contribution in [1.29, 1.82) is 0 Å². The van der Waals surface area contributed by atoms with E-state index in [2.05, 4.69) is 21.2 Å². The number of amides is 1. The summed E-state index contributed by atoms with van der Waals surface area (Å²) < 4.78 is 23.6. The van der Waals surface area contributed by atoms with Gasteiger partial charge in [-0.05, 0) is 41.4 Å². The third kappa shape index (κ3) is 2.92. The number of rotatable bonds is 2. The van der Waals surface area contributed by atoms with E-state index in [1.165, 1.54) is 0 Å². The van der Waals surface area contributed by atoms with Crippen LogP contribution in [0, 0.1) is 0 Å². The van der Waals surface area contributed by atoms with Gasteiger partial charge in [0.1, 0.15) is 0 Å². The van der Waals surface area contributed by atoms with Crippen LogP contribution in [0.4, 0.5) is 0 Å². The third-order valence-corrected chi connectivity index (χ3v) is 5.63. The van der Waals surface area contributed by atoms with Gasteiger partial charge in [-0.25, -0.2) is 8.42 Å². The highest BCUT2D eigenvalue weighted by atomic mass is 79.9. The normalized spacial score (nSPS) is 25.9. The SMILES string of the molecule is C[C@]1(NC(=O)c2ccccc2Br)CCS(=O)(=O)C1. The van der Waals surface area contributed by atoms with Crippen LogP contribution in [0.25, 0.3) is 0 Å². The van der Waals surface area contributed by atoms with Gasteiger partial charge in [0.05, 0.1) is 22.6 Å². The summed E-state index contributed by atoms with van der Waals surface area (Å²) in [5.74, 6) is -0.0993. The quantitative estimate of drug-likeness (QED) is 0.898. The van der Waals surface area contributed by atoms with Gasteiger partial charge >= 0.3 is 0 Å². The lowest BCUT2D eigenvalue weighted by atomic mass is 10.0. The molecule has 1 atom stereocenters. The lowest BCUT2D eigenvalue weighted by Crippen LogP contribution is -2.47. The fourth-order valence-electron chi connectivity index (χ4n) is 2.10. The molecule has 1 aliphatic heterocycles. The Morgan fingerprint density at radius 2 is 2.06 bits per heavy atom. The highest BCUT2D eigenvalue weighted by Crippen LogP contribution is 2.24. The van der Waals surface area contributed by atoms with Crippen molar-refractivity contribution in [2.24, 2.45) is 0 Å². The molecule has 0 spiro atoms. The molecule has 0 unspecified atom stereocenters. The lowest BCUT2D eigenvalue weighted by molar-refractivity contribution is 0.0914. The number of benzene rings is 1. The molecule has 1 aliphatic rings. The van der Waals surface area contributed by atoms with Crippen molar-refractivity contribution < 1.29 is 13.2 Å². The molecule has 1 heterocycles. The summed E-state index contributed by atoms with van der Waals surface area (Å²) >= 11 is 3.31. The Morgan fingerprint density at radius 3 is 2.61 bits per heavy atom. The van der Waals surface area contributed by atoms with E-state index in [1.54, 1.807) is 25.1 Å². The van der Waals surface area contributed by atoms with E-state index in [0.717, 1.165) is 0 Å². The average molecular weight is 332 g/mol. The molecule has 0 bridgehead atoms.